The molecule has 0 bridgehead atoms. The Morgan fingerprint density at radius 2 is 2.10 bits per heavy atom. The SMILES string of the molecule is CCC(N)Cc1ccc(N(CC)Cc2ccco2)cc1Cl. The van der Waals surface area contributed by atoms with Crippen LogP contribution in [-0.4, -0.2) is 12.6 Å². The van der Waals surface area contributed by atoms with Crippen LogP contribution in [0, 0.1) is 0 Å². The second-order valence-electron chi connectivity index (χ2n) is 5.24. The standard InChI is InChI=1S/C17H23ClN2O/c1-3-14(19)10-13-7-8-15(11-17(13)18)20(4-2)12-16-6-5-9-21-16/h5-9,11,14H,3-4,10,12,19H2,1-2H3. The third-order valence-corrected chi connectivity index (χ3v) is 4.07. The summed E-state index contributed by atoms with van der Waals surface area (Å²) < 4.78 is 5.42. The van der Waals surface area contributed by atoms with E-state index in [4.69, 9.17) is 21.8 Å². The van der Waals surface area contributed by atoms with Gasteiger partial charge in [-0.1, -0.05) is 24.6 Å². The van der Waals surface area contributed by atoms with Crippen molar-refractivity contribution in [3.8, 4) is 0 Å². The quantitative estimate of drug-likeness (QED) is 0.832. The van der Waals surface area contributed by atoms with Crippen molar-refractivity contribution in [2.45, 2.75) is 39.3 Å². The van der Waals surface area contributed by atoms with Crippen LogP contribution >= 0.6 is 11.6 Å². The third-order valence-electron chi connectivity index (χ3n) is 3.72. The van der Waals surface area contributed by atoms with Crippen molar-refractivity contribution in [1.82, 2.24) is 0 Å². The van der Waals surface area contributed by atoms with E-state index in [9.17, 15) is 0 Å². The maximum atomic E-state index is 6.41. The van der Waals surface area contributed by atoms with Gasteiger partial charge in [0.2, 0.25) is 0 Å². The molecule has 0 spiro atoms. The molecule has 1 aromatic heterocycles. The van der Waals surface area contributed by atoms with Gasteiger partial charge in [0.1, 0.15) is 5.76 Å². The number of rotatable bonds is 7. The van der Waals surface area contributed by atoms with Gasteiger partial charge in [-0.15, -0.1) is 0 Å². The van der Waals surface area contributed by atoms with Gasteiger partial charge in [0, 0.05) is 23.3 Å². The Bertz CT molecular complexity index is 554. The number of hydrogen-bond donors (Lipinski definition) is 1. The van der Waals surface area contributed by atoms with E-state index in [1.165, 1.54) is 0 Å². The molecular formula is C17H23ClN2O. The highest BCUT2D eigenvalue weighted by Gasteiger charge is 2.11. The van der Waals surface area contributed by atoms with Crippen molar-refractivity contribution in [3.63, 3.8) is 0 Å². The van der Waals surface area contributed by atoms with Gasteiger partial charge in [-0.05, 0) is 49.6 Å². The number of anilines is 1. The average molecular weight is 307 g/mol. The van der Waals surface area contributed by atoms with Crippen molar-refractivity contribution in [2.24, 2.45) is 5.73 Å². The molecule has 0 amide bonds. The first-order valence-corrected chi connectivity index (χ1v) is 7.83. The molecule has 21 heavy (non-hydrogen) atoms. The van der Waals surface area contributed by atoms with Crippen LogP contribution in [0.2, 0.25) is 5.02 Å². The van der Waals surface area contributed by atoms with E-state index in [2.05, 4.69) is 30.9 Å². The Hall–Kier alpha value is -1.45. The molecule has 2 N–H and O–H groups in total. The molecule has 0 aliphatic rings. The molecule has 114 valence electrons. The van der Waals surface area contributed by atoms with E-state index in [1.54, 1.807) is 6.26 Å². The second kappa shape index (κ2) is 7.53. The lowest BCUT2D eigenvalue weighted by atomic mass is 10.0. The van der Waals surface area contributed by atoms with E-state index in [0.717, 1.165) is 48.0 Å². The molecule has 0 aliphatic heterocycles. The van der Waals surface area contributed by atoms with Gasteiger partial charge in [0.25, 0.3) is 0 Å². The summed E-state index contributed by atoms with van der Waals surface area (Å²) in [7, 11) is 0. The Morgan fingerprint density at radius 3 is 2.67 bits per heavy atom. The number of nitrogens with two attached hydrogens (primary N) is 1. The molecule has 0 saturated heterocycles. The number of hydrogen-bond acceptors (Lipinski definition) is 3. The van der Waals surface area contributed by atoms with Gasteiger partial charge < -0.3 is 15.1 Å². The Labute approximate surface area is 131 Å². The van der Waals surface area contributed by atoms with Crippen LogP contribution in [-0.2, 0) is 13.0 Å². The van der Waals surface area contributed by atoms with Gasteiger partial charge in [0.15, 0.2) is 0 Å². The summed E-state index contributed by atoms with van der Waals surface area (Å²) >= 11 is 6.41. The Balaban J connectivity index is 2.13. The summed E-state index contributed by atoms with van der Waals surface area (Å²) in [5, 5.41) is 0.786. The number of furan rings is 1. The van der Waals surface area contributed by atoms with Gasteiger partial charge in [-0.25, -0.2) is 0 Å². The molecule has 0 radical (unpaired) electrons. The maximum Gasteiger partial charge on any atom is 0.123 e. The van der Waals surface area contributed by atoms with Crippen LogP contribution in [0.1, 0.15) is 31.6 Å². The fourth-order valence-corrected chi connectivity index (χ4v) is 2.55. The lowest BCUT2D eigenvalue weighted by Gasteiger charge is -2.23. The molecule has 1 unspecified atom stereocenters. The second-order valence-corrected chi connectivity index (χ2v) is 5.65. The molecule has 1 aromatic carbocycles. The van der Waals surface area contributed by atoms with E-state index >= 15 is 0 Å². The van der Waals surface area contributed by atoms with Gasteiger partial charge in [0.05, 0.1) is 12.8 Å². The minimum absolute atomic E-state index is 0.166. The molecule has 0 fully saturated rings. The van der Waals surface area contributed by atoms with E-state index in [-0.39, 0.29) is 6.04 Å². The van der Waals surface area contributed by atoms with Crippen molar-refractivity contribution >= 4 is 17.3 Å². The van der Waals surface area contributed by atoms with Crippen LogP contribution in [0.5, 0.6) is 0 Å². The highest BCUT2D eigenvalue weighted by atomic mass is 35.5. The van der Waals surface area contributed by atoms with Crippen molar-refractivity contribution in [3.05, 3.63) is 52.9 Å². The Kier molecular flexibility index (Phi) is 5.71. The zero-order valence-electron chi connectivity index (χ0n) is 12.7. The van der Waals surface area contributed by atoms with Gasteiger partial charge >= 0.3 is 0 Å². The normalized spacial score (nSPS) is 12.4. The van der Waals surface area contributed by atoms with Crippen LogP contribution in [0.15, 0.2) is 41.0 Å². The summed E-state index contributed by atoms with van der Waals surface area (Å²) in [4.78, 5) is 2.23. The smallest absolute Gasteiger partial charge is 0.123 e. The highest BCUT2D eigenvalue weighted by molar-refractivity contribution is 6.31. The van der Waals surface area contributed by atoms with E-state index < -0.39 is 0 Å². The topological polar surface area (TPSA) is 42.4 Å². The molecule has 0 saturated carbocycles. The van der Waals surface area contributed by atoms with E-state index in [0.29, 0.717) is 0 Å². The first kappa shape index (κ1) is 15.9. The fourth-order valence-electron chi connectivity index (χ4n) is 2.30. The van der Waals surface area contributed by atoms with Gasteiger partial charge in [-0.3, -0.25) is 0 Å². The zero-order chi connectivity index (χ0) is 15.2. The van der Waals surface area contributed by atoms with Crippen LogP contribution in [0.3, 0.4) is 0 Å². The zero-order valence-corrected chi connectivity index (χ0v) is 13.4. The largest absolute Gasteiger partial charge is 0.467 e. The minimum Gasteiger partial charge on any atom is -0.467 e. The first-order chi connectivity index (χ1) is 10.1. The molecule has 4 heteroatoms. The van der Waals surface area contributed by atoms with Crippen LogP contribution in [0.4, 0.5) is 5.69 Å². The number of halogens is 1. The van der Waals surface area contributed by atoms with Crippen molar-refractivity contribution in [1.29, 1.82) is 0 Å². The average Bonchev–Trinajstić information content (AvgIpc) is 2.99. The van der Waals surface area contributed by atoms with Crippen LogP contribution < -0.4 is 10.6 Å². The highest BCUT2D eigenvalue weighted by Crippen LogP contribution is 2.26. The van der Waals surface area contributed by atoms with Crippen molar-refractivity contribution in [2.75, 3.05) is 11.4 Å². The summed E-state index contributed by atoms with van der Waals surface area (Å²) in [5.74, 6) is 0.949. The number of benzene rings is 1. The summed E-state index contributed by atoms with van der Waals surface area (Å²) in [5.41, 5.74) is 8.23. The van der Waals surface area contributed by atoms with Crippen molar-refractivity contribution < 1.29 is 4.42 Å². The summed E-state index contributed by atoms with van der Waals surface area (Å²) in [6.45, 7) is 5.85. The fraction of sp³-hybridized carbons (Fsp3) is 0.412. The van der Waals surface area contributed by atoms with Gasteiger partial charge in [-0.2, -0.15) is 0 Å². The predicted octanol–water partition coefficient (Wildman–Crippen LogP) is 4.24. The van der Waals surface area contributed by atoms with Crippen LogP contribution in [0.25, 0.3) is 0 Å². The molecule has 2 rings (SSSR count). The lowest BCUT2D eigenvalue weighted by Crippen LogP contribution is -2.23. The third kappa shape index (κ3) is 4.26. The summed E-state index contributed by atoms with van der Waals surface area (Å²) in [6.07, 6.45) is 3.48. The Morgan fingerprint density at radius 1 is 1.29 bits per heavy atom. The molecule has 2 aromatic rings. The maximum absolute atomic E-state index is 6.41. The summed E-state index contributed by atoms with van der Waals surface area (Å²) in [6, 6.07) is 10.3. The minimum atomic E-state index is 0.166. The molecule has 0 aliphatic carbocycles. The lowest BCUT2D eigenvalue weighted by molar-refractivity contribution is 0.503. The number of nitrogens with zero attached hydrogens (tertiary/aromatic N) is 1. The van der Waals surface area contributed by atoms with E-state index in [1.807, 2.05) is 18.2 Å². The predicted molar refractivity (Wildman–Crippen MR) is 88.9 cm³/mol. The molecular weight excluding hydrogens is 284 g/mol. The first-order valence-electron chi connectivity index (χ1n) is 7.45. The molecule has 1 heterocycles. The monoisotopic (exact) mass is 306 g/mol. The molecule has 1 atom stereocenters. The molecule has 3 nitrogen and oxygen atoms in total.